The molecule has 1 N–H and O–H groups in total. The molecule has 142 valence electrons. The first-order valence-corrected chi connectivity index (χ1v) is 10.4. The highest BCUT2D eigenvalue weighted by molar-refractivity contribution is 14.0. The first-order valence-electron chi connectivity index (χ1n) is 9.08. The SMILES string of the molecule is CCC(CC)C1CCN(C(=NC)NCCS(=O)c2ccccc2)C1.I. The van der Waals surface area contributed by atoms with E-state index in [-0.39, 0.29) is 24.0 Å². The number of nitrogens with zero attached hydrogens (tertiary/aromatic N) is 2. The lowest BCUT2D eigenvalue weighted by Gasteiger charge is -2.24. The van der Waals surface area contributed by atoms with Gasteiger partial charge in [-0.25, -0.2) is 0 Å². The highest BCUT2D eigenvalue weighted by Gasteiger charge is 2.29. The van der Waals surface area contributed by atoms with Crippen LogP contribution >= 0.6 is 24.0 Å². The van der Waals surface area contributed by atoms with Crippen molar-refractivity contribution in [1.82, 2.24) is 10.2 Å². The normalized spacial score (nSPS) is 19.0. The maximum Gasteiger partial charge on any atom is 0.193 e. The van der Waals surface area contributed by atoms with E-state index >= 15 is 0 Å². The number of hydrogen-bond acceptors (Lipinski definition) is 2. The molecule has 2 rings (SSSR count). The van der Waals surface area contributed by atoms with Crippen LogP contribution in [-0.4, -0.2) is 47.5 Å². The van der Waals surface area contributed by atoms with E-state index in [1.165, 1.54) is 19.3 Å². The zero-order chi connectivity index (χ0) is 17.4. The van der Waals surface area contributed by atoms with E-state index in [2.05, 4.69) is 29.1 Å². The molecule has 1 aromatic carbocycles. The molecule has 4 nitrogen and oxygen atoms in total. The van der Waals surface area contributed by atoms with Gasteiger partial charge in [0.2, 0.25) is 0 Å². The third-order valence-electron chi connectivity index (χ3n) is 5.03. The summed E-state index contributed by atoms with van der Waals surface area (Å²) in [5, 5.41) is 3.39. The highest BCUT2D eigenvalue weighted by Crippen LogP contribution is 2.28. The standard InChI is InChI=1S/C19H31N3OS.HI/c1-4-16(5-2)17-11-13-22(15-17)19(20-3)21-12-14-24(23)18-9-7-6-8-10-18;/h6-10,16-17H,4-5,11-15H2,1-3H3,(H,20,21);1H. The summed E-state index contributed by atoms with van der Waals surface area (Å²) in [5.74, 6) is 3.15. The van der Waals surface area contributed by atoms with Crippen LogP contribution in [0.5, 0.6) is 0 Å². The van der Waals surface area contributed by atoms with Gasteiger partial charge in [0.15, 0.2) is 5.96 Å². The molecule has 2 atom stereocenters. The number of rotatable bonds is 7. The van der Waals surface area contributed by atoms with Crippen molar-refractivity contribution in [3.8, 4) is 0 Å². The van der Waals surface area contributed by atoms with E-state index in [0.29, 0.717) is 12.3 Å². The number of nitrogens with one attached hydrogen (secondary N) is 1. The van der Waals surface area contributed by atoms with Crippen molar-refractivity contribution in [1.29, 1.82) is 0 Å². The molecular weight excluding hydrogens is 445 g/mol. The van der Waals surface area contributed by atoms with Crippen LogP contribution in [0.2, 0.25) is 0 Å². The molecule has 0 aliphatic carbocycles. The van der Waals surface area contributed by atoms with Gasteiger partial charge in [-0.2, -0.15) is 0 Å². The van der Waals surface area contributed by atoms with E-state index in [9.17, 15) is 4.21 Å². The molecule has 25 heavy (non-hydrogen) atoms. The molecule has 0 bridgehead atoms. The lowest BCUT2D eigenvalue weighted by atomic mass is 9.87. The lowest BCUT2D eigenvalue weighted by molar-refractivity contribution is 0.319. The quantitative estimate of drug-likeness (QED) is 0.370. The average Bonchev–Trinajstić information content (AvgIpc) is 3.10. The van der Waals surface area contributed by atoms with Crippen molar-refractivity contribution in [3.05, 3.63) is 30.3 Å². The number of aliphatic imine (C=N–C) groups is 1. The van der Waals surface area contributed by atoms with Gasteiger partial charge in [-0.3, -0.25) is 9.20 Å². The molecule has 0 spiro atoms. The van der Waals surface area contributed by atoms with Crippen molar-refractivity contribution in [2.24, 2.45) is 16.8 Å². The number of halogens is 1. The van der Waals surface area contributed by atoms with E-state index in [1.807, 2.05) is 37.4 Å². The molecule has 1 aliphatic heterocycles. The second kappa shape index (κ2) is 11.9. The molecule has 0 radical (unpaired) electrons. The Morgan fingerprint density at radius 1 is 1.32 bits per heavy atom. The fraction of sp³-hybridized carbons (Fsp3) is 0.632. The summed E-state index contributed by atoms with van der Waals surface area (Å²) >= 11 is 0. The summed E-state index contributed by atoms with van der Waals surface area (Å²) in [6, 6.07) is 9.66. The zero-order valence-corrected chi connectivity index (χ0v) is 18.8. The van der Waals surface area contributed by atoms with Crippen molar-refractivity contribution in [2.75, 3.05) is 32.4 Å². The molecule has 0 saturated carbocycles. The Hall–Kier alpha value is -0.630. The summed E-state index contributed by atoms with van der Waals surface area (Å²) in [6.07, 6.45) is 3.77. The summed E-state index contributed by atoms with van der Waals surface area (Å²) in [4.78, 5) is 7.67. The Kier molecular flexibility index (Phi) is 10.7. The smallest absolute Gasteiger partial charge is 0.193 e. The van der Waals surface area contributed by atoms with E-state index in [0.717, 1.165) is 35.8 Å². The second-order valence-electron chi connectivity index (χ2n) is 6.41. The van der Waals surface area contributed by atoms with Crippen LogP contribution in [0.4, 0.5) is 0 Å². The minimum absolute atomic E-state index is 0. The van der Waals surface area contributed by atoms with Gasteiger partial charge in [-0.1, -0.05) is 44.9 Å². The van der Waals surface area contributed by atoms with Crippen LogP contribution in [-0.2, 0) is 10.8 Å². The summed E-state index contributed by atoms with van der Waals surface area (Å²) in [5.41, 5.74) is 0. The van der Waals surface area contributed by atoms with Crippen LogP contribution < -0.4 is 5.32 Å². The Morgan fingerprint density at radius 3 is 2.60 bits per heavy atom. The predicted octanol–water partition coefficient (Wildman–Crippen LogP) is 3.75. The molecule has 0 amide bonds. The van der Waals surface area contributed by atoms with Gasteiger partial charge < -0.3 is 10.2 Å². The Balaban J connectivity index is 0.00000312. The highest BCUT2D eigenvalue weighted by atomic mass is 127. The molecule has 2 unspecified atom stereocenters. The zero-order valence-electron chi connectivity index (χ0n) is 15.6. The first-order chi connectivity index (χ1) is 11.7. The van der Waals surface area contributed by atoms with Gasteiger partial charge in [0, 0.05) is 37.3 Å². The number of benzene rings is 1. The van der Waals surface area contributed by atoms with Crippen molar-refractivity contribution >= 4 is 40.7 Å². The largest absolute Gasteiger partial charge is 0.355 e. The predicted molar refractivity (Wildman–Crippen MR) is 118 cm³/mol. The Bertz CT molecular complexity index is 549. The van der Waals surface area contributed by atoms with Gasteiger partial charge in [0.05, 0.1) is 10.8 Å². The van der Waals surface area contributed by atoms with Gasteiger partial charge in [-0.15, -0.1) is 24.0 Å². The molecule has 1 heterocycles. The fourth-order valence-electron chi connectivity index (χ4n) is 3.60. The number of likely N-dealkylation sites (tertiary alicyclic amines) is 1. The van der Waals surface area contributed by atoms with Crippen LogP contribution in [0.25, 0.3) is 0 Å². The maximum absolute atomic E-state index is 12.3. The second-order valence-corrected chi connectivity index (χ2v) is 7.98. The van der Waals surface area contributed by atoms with Gasteiger partial charge in [-0.05, 0) is 30.4 Å². The third-order valence-corrected chi connectivity index (χ3v) is 6.40. The van der Waals surface area contributed by atoms with Crippen molar-refractivity contribution in [3.63, 3.8) is 0 Å². The van der Waals surface area contributed by atoms with E-state index in [4.69, 9.17) is 0 Å². The molecular formula is C19H32IN3OS. The Morgan fingerprint density at radius 2 is 2.00 bits per heavy atom. The van der Waals surface area contributed by atoms with E-state index in [1.54, 1.807) is 0 Å². The Labute approximate surface area is 172 Å². The van der Waals surface area contributed by atoms with Crippen molar-refractivity contribution < 1.29 is 4.21 Å². The van der Waals surface area contributed by atoms with Gasteiger partial charge >= 0.3 is 0 Å². The summed E-state index contributed by atoms with van der Waals surface area (Å²) in [7, 11) is 0.878. The van der Waals surface area contributed by atoms with Crippen LogP contribution in [0, 0.1) is 11.8 Å². The summed E-state index contributed by atoms with van der Waals surface area (Å²) < 4.78 is 12.3. The maximum atomic E-state index is 12.3. The van der Waals surface area contributed by atoms with Gasteiger partial charge in [0.25, 0.3) is 0 Å². The molecule has 0 aromatic heterocycles. The number of hydrogen-bond donors (Lipinski definition) is 1. The molecule has 1 saturated heterocycles. The monoisotopic (exact) mass is 477 g/mol. The topological polar surface area (TPSA) is 44.7 Å². The third kappa shape index (κ3) is 6.55. The fourth-order valence-corrected chi connectivity index (χ4v) is 4.58. The summed E-state index contributed by atoms with van der Waals surface area (Å²) in [6.45, 7) is 7.43. The molecule has 1 aliphatic rings. The molecule has 1 aromatic rings. The molecule has 1 fully saturated rings. The van der Waals surface area contributed by atoms with E-state index < -0.39 is 10.8 Å². The molecule has 6 heteroatoms. The van der Waals surface area contributed by atoms with Crippen molar-refractivity contribution in [2.45, 2.75) is 38.0 Å². The van der Waals surface area contributed by atoms with Crippen LogP contribution in [0.3, 0.4) is 0 Å². The first kappa shape index (κ1) is 22.4. The van der Waals surface area contributed by atoms with Crippen LogP contribution in [0.1, 0.15) is 33.1 Å². The minimum atomic E-state index is -0.957. The number of guanidine groups is 1. The minimum Gasteiger partial charge on any atom is -0.355 e. The van der Waals surface area contributed by atoms with Crippen LogP contribution in [0.15, 0.2) is 40.2 Å². The van der Waals surface area contributed by atoms with Gasteiger partial charge in [0.1, 0.15) is 0 Å². The average molecular weight is 477 g/mol. The lowest BCUT2D eigenvalue weighted by Crippen LogP contribution is -2.41.